The zero-order chi connectivity index (χ0) is 14.3. The van der Waals surface area contributed by atoms with Crippen molar-refractivity contribution >= 4 is 23.2 Å². The molecule has 104 valence electrons. The Morgan fingerprint density at radius 3 is 2.79 bits per heavy atom. The maximum Gasteiger partial charge on any atom is 0.320 e. The van der Waals surface area contributed by atoms with E-state index in [2.05, 4.69) is 4.98 Å². The normalized spacial score (nSPS) is 10.0. The number of nitrogens with zero attached hydrogens (tertiary/aromatic N) is 3. The van der Waals surface area contributed by atoms with Crippen LogP contribution < -0.4 is 5.73 Å². The van der Waals surface area contributed by atoms with Crippen LogP contribution >= 0.6 is 12.2 Å². The molecule has 5 nitrogen and oxygen atoms in total. The largest absolute Gasteiger partial charge is 0.393 e. The van der Waals surface area contributed by atoms with Gasteiger partial charge in [-0.15, -0.1) is 0 Å². The molecule has 1 heterocycles. The second-order valence-electron chi connectivity index (χ2n) is 4.30. The Kier molecular flexibility index (Phi) is 6.21. The standard InChI is InChI=1S/C13H20N4OS/c1-3-16(2)13(18)17(8-6-12(14)19)10-11-5-4-7-15-9-11/h4-5,7,9H,3,6,8,10H2,1-2H3,(H2,14,19). The fourth-order valence-electron chi connectivity index (χ4n) is 1.58. The van der Waals surface area contributed by atoms with Gasteiger partial charge in [0.25, 0.3) is 0 Å². The number of carbonyl (C=O) groups excluding carboxylic acids is 1. The van der Waals surface area contributed by atoms with Gasteiger partial charge in [0.1, 0.15) is 0 Å². The van der Waals surface area contributed by atoms with E-state index in [1.165, 1.54) is 0 Å². The van der Waals surface area contributed by atoms with Crippen LogP contribution in [0.3, 0.4) is 0 Å². The fraction of sp³-hybridized carbons (Fsp3) is 0.462. The average molecular weight is 280 g/mol. The average Bonchev–Trinajstić information content (AvgIpc) is 2.42. The van der Waals surface area contributed by atoms with Crippen LogP contribution in [0.25, 0.3) is 0 Å². The zero-order valence-electron chi connectivity index (χ0n) is 11.4. The number of amides is 2. The van der Waals surface area contributed by atoms with E-state index >= 15 is 0 Å². The van der Waals surface area contributed by atoms with Gasteiger partial charge in [0.15, 0.2) is 0 Å². The van der Waals surface area contributed by atoms with Gasteiger partial charge < -0.3 is 15.5 Å². The van der Waals surface area contributed by atoms with Gasteiger partial charge in [-0.1, -0.05) is 18.3 Å². The molecule has 0 fully saturated rings. The highest BCUT2D eigenvalue weighted by Gasteiger charge is 2.17. The molecule has 2 amide bonds. The minimum atomic E-state index is -0.0254. The molecule has 0 aliphatic rings. The molecule has 0 bridgehead atoms. The summed E-state index contributed by atoms with van der Waals surface area (Å²) in [6.45, 7) is 3.64. The molecule has 0 atom stereocenters. The van der Waals surface area contributed by atoms with Crippen LogP contribution in [0.4, 0.5) is 4.79 Å². The van der Waals surface area contributed by atoms with E-state index in [4.69, 9.17) is 18.0 Å². The molecule has 0 spiro atoms. The number of carbonyl (C=O) groups is 1. The summed E-state index contributed by atoms with van der Waals surface area (Å²) in [5.74, 6) is 0. The van der Waals surface area contributed by atoms with Crippen molar-refractivity contribution in [3.8, 4) is 0 Å². The van der Waals surface area contributed by atoms with Gasteiger partial charge in [0, 0.05) is 45.5 Å². The van der Waals surface area contributed by atoms with Crippen LogP contribution in [-0.4, -0.2) is 45.9 Å². The van der Waals surface area contributed by atoms with Crippen LogP contribution in [0, 0.1) is 0 Å². The Morgan fingerprint density at radius 1 is 1.53 bits per heavy atom. The molecule has 0 saturated carbocycles. The highest BCUT2D eigenvalue weighted by atomic mass is 32.1. The van der Waals surface area contributed by atoms with Crippen molar-refractivity contribution in [2.45, 2.75) is 19.9 Å². The topological polar surface area (TPSA) is 62.5 Å². The van der Waals surface area contributed by atoms with E-state index < -0.39 is 0 Å². The van der Waals surface area contributed by atoms with E-state index in [0.29, 0.717) is 31.0 Å². The Hall–Kier alpha value is -1.69. The lowest BCUT2D eigenvalue weighted by atomic mass is 10.2. The summed E-state index contributed by atoms with van der Waals surface area (Å²) < 4.78 is 0. The van der Waals surface area contributed by atoms with Crippen molar-refractivity contribution in [1.82, 2.24) is 14.8 Å². The molecule has 0 saturated heterocycles. The minimum absolute atomic E-state index is 0.0254. The summed E-state index contributed by atoms with van der Waals surface area (Å²) >= 11 is 4.87. The van der Waals surface area contributed by atoms with E-state index in [9.17, 15) is 4.79 Å². The number of hydrogen-bond donors (Lipinski definition) is 1. The van der Waals surface area contributed by atoms with Crippen molar-refractivity contribution in [3.63, 3.8) is 0 Å². The van der Waals surface area contributed by atoms with Gasteiger partial charge in [0.05, 0.1) is 4.99 Å². The summed E-state index contributed by atoms with van der Waals surface area (Å²) in [6.07, 6.45) is 3.99. The van der Waals surface area contributed by atoms with Crippen molar-refractivity contribution in [3.05, 3.63) is 30.1 Å². The quantitative estimate of drug-likeness (QED) is 0.805. The molecule has 0 unspecified atom stereocenters. The number of nitrogens with two attached hydrogens (primary N) is 1. The van der Waals surface area contributed by atoms with Crippen LogP contribution in [0.5, 0.6) is 0 Å². The van der Waals surface area contributed by atoms with Crippen LogP contribution in [0.15, 0.2) is 24.5 Å². The third-order valence-electron chi connectivity index (χ3n) is 2.80. The van der Waals surface area contributed by atoms with Gasteiger partial charge in [-0.25, -0.2) is 4.79 Å². The molecule has 6 heteroatoms. The molecule has 19 heavy (non-hydrogen) atoms. The van der Waals surface area contributed by atoms with E-state index in [0.717, 1.165) is 5.56 Å². The lowest BCUT2D eigenvalue weighted by molar-refractivity contribution is 0.163. The first-order valence-electron chi connectivity index (χ1n) is 6.21. The second-order valence-corrected chi connectivity index (χ2v) is 4.82. The van der Waals surface area contributed by atoms with Gasteiger partial charge in [-0.2, -0.15) is 0 Å². The van der Waals surface area contributed by atoms with Gasteiger partial charge in [-0.3, -0.25) is 4.98 Å². The van der Waals surface area contributed by atoms with Gasteiger partial charge in [-0.05, 0) is 18.6 Å². The number of rotatable bonds is 6. The number of hydrogen-bond acceptors (Lipinski definition) is 3. The summed E-state index contributed by atoms with van der Waals surface area (Å²) in [5, 5.41) is 0. The van der Waals surface area contributed by atoms with Crippen LogP contribution in [-0.2, 0) is 6.54 Å². The summed E-state index contributed by atoms with van der Waals surface area (Å²) in [7, 11) is 1.78. The molecule has 2 N–H and O–H groups in total. The zero-order valence-corrected chi connectivity index (χ0v) is 12.2. The van der Waals surface area contributed by atoms with E-state index in [1.54, 1.807) is 29.2 Å². The number of urea groups is 1. The second kappa shape index (κ2) is 7.68. The molecular weight excluding hydrogens is 260 g/mol. The predicted molar refractivity (Wildman–Crippen MR) is 79.7 cm³/mol. The van der Waals surface area contributed by atoms with Crippen LogP contribution in [0.2, 0.25) is 0 Å². The highest BCUT2D eigenvalue weighted by molar-refractivity contribution is 7.80. The molecule has 0 aromatic carbocycles. The smallest absolute Gasteiger partial charge is 0.320 e. The van der Waals surface area contributed by atoms with Gasteiger partial charge >= 0.3 is 6.03 Å². The first-order chi connectivity index (χ1) is 9.04. The molecule has 1 aromatic heterocycles. The lowest BCUT2D eigenvalue weighted by Crippen LogP contribution is -2.41. The van der Waals surface area contributed by atoms with Crippen LogP contribution in [0.1, 0.15) is 18.9 Å². The Labute approximate surface area is 119 Å². The molecule has 1 rings (SSSR count). The minimum Gasteiger partial charge on any atom is -0.393 e. The maximum absolute atomic E-state index is 12.2. The SMILES string of the molecule is CCN(C)C(=O)N(CCC(N)=S)Cc1cccnc1. The monoisotopic (exact) mass is 280 g/mol. The van der Waals surface area contributed by atoms with Crippen molar-refractivity contribution in [2.75, 3.05) is 20.1 Å². The number of pyridine rings is 1. The Balaban J connectivity index is 2.74. The summed E-state index contributed by atoms with van der Waals surface area (Å²) in [6, 6.07) is 3.78. The summed E-state index contributed by atoms with van der Waals surface area (Å²) in [5.41, 5.74) is 6.50. The number of aromatic nitrogens is 1. The third kappa shape index (κ3) is 5.21. The molecule has 0 radical (unpaired) electrons. The molecule has 0 aliphatic heterocycles. The maximum atomic E-state index is 12.2. The van der Waals surface area contributed by atoms with Crippen molar-refractivity contribution in [2.24, 2.45) is 5.73 Å². The first-order valence-corrected chi connectivity index (χ1v) is 6.62. The van der Waals surface area contributed by atoms with Gasteiger partial charge in [0.2, 0.25) is 0 Å². The highest BCUT2D eigenvalue weighted by Crippen LogP contribution is 2.07. The Bertz CT molecular complexity index is 424. The third-order valence-corrected chi connectivity index (χ3v) is 3.00. The number of thiocarbonyl (C=S) groups is 1. The molecule has 1 aromatic rings. The fourth-order valence-corrected chi connectivity index (χ4v) is 1.67. The van der Waals surface area contributed by atoms with Crippen molar-refractivity contribution < 1.29 is 4.79 Å². The Morgan fingerprint density at radius 2 is 2.26 bits per heavy atom. The van der Waals surface area contributed by atoms with Crippen molar-refractivity contribution in [1.29, 1.82) is 0 Å². The molecular formula is C13H20N4OS. The lowest BCUT2D eigenvalue weighted by Gasteiger charge is -2.27. The van der Waals surface area contributed by atoms with E-state index in [-0.39, 0.29) is 6.03 Å². The first kappa shape index (κ1) is 15.4. The predicted octanol–water partition coefficient (Wildman–Crippen LogP) is 1.63. The van der Waals surface area contributed by atoms with E-state index in [1.807, 2.05) is 19.1 Å². The molecule has 0 aliphatic carbocycles. The summed E-state index contributed by atoms with van der Waals surface area (Å²) in [4.78, 5) is 20.1.